The van der Waals surface area contributed by atoms with E-state index >= 15 is 0 Å². The van der Waals surface area contributed by atoms with E-state index in [1.165, 1.54) is 12.1 Å². The summed E-state index contributed by atoms with van der Waals surface area (Å²) in [7, 11) is -3.97. The fourth-order valence-electron chi connectivity index (χ4n) is 1.17. The van der Waals surface area contributed by atoms with Crippen molar-refractivity contribution in [3.63, 3.8) is 0 Å². The Morgan fingerprint density at radius 3 is 2.22 bits per heavy atom. The van der Waals surface area contributed by atoms with E-state index < -0.39 is 35.5 Å². The van der Waals surface area contributed by atoms with Gasteiger partial charge in [-0.3, -0.25) is 4.18 Å². The summed E-state index contributed by atoms with van der Waals surface area (Å²) in [6.07, 6.45) is -2.89. The van der Waals surface area contributed by atoms with Gasteiger partial charge in [0, 0.05) is 0 Å². The second-order valence-electron chi connectivity index (χ2n) is 3.87. The molecule has 1 rings (SSSR count). The van der Waals surface area contributed by atoms with Crippen LogP contribution in [0.4, 0.5) is 0 Å². The van der Waals surface area contributed by atoms with Crippen molar-refractivity contribution in [2.45, 2.75) is 24.0 Å². The molecule has 0 aromatic heterocycles. The van der Waals surface area contributed by atoms with E-state index in [1.807, 2.05) is 6.92 Å². The average Bonchev–Trinajstić information content (AvgIpc) is 2.35. The molecule has 1 aromatic carbocycles. The van der Waals surface area contributed by atoms with Gasteiger partial charge in [-0.1, -0.05) is 17.7 Å². The minimum Gasteiger partial charge on any atom is -0.394 e. The summed E-state index contributed by atoms with van der Waals surface area (Å²) in [5, 5.41) is 26.9. The van der Waals surface area contributed by atoms with Gasteiger partial charge in [-0.2, -0.15) is 8.42 Å². The third kappa shape index (κ3) is 4.04. The molecular formula is C11H16O6S. The maximum Gasteiger partial charge on any atom is 0.297 e. The molecule has 0 saturated carbocycles. The standard InChI is InChI=1S/C11H16O6S/c1-8-2-4-9(5-3-8)18(15,16)17-7-11(14)10(13)6-12/h2-5,10-14H,6-7H2,1H3. The van der Waals surface area contributed by atoms with Crippen LogP contribution in [0.25, 0.3) is 0 Å². The number of aryl methyl sites for hydroxylation is 1. The Balaban J connectivity index is 2.68. The van der Waals surface area contributed by atoms with Crippen LogP contribution >= 0.6 is 0 Å². The van der Waals surface area contributed by atoms with E-state index in [4.69, 9.17) is 10.2 Å². The highest BCUT2D eigenvalue weighted by Gasteiger charge is 2.21. The van der Waals surface area contributed by atoms with E-state index in [-0.39, 0.29) is 4.90 Å². The number of benzene rings is 1. The van der Waals surface area contributed by atoms with Crippen LogP contribution in [0.15, 0.2) is 29.2 Å². The number of hydrogen-bond acceptors (Lipinski definition) is 6. The summed E-state index contributed by atoms with van der Waals surface area (Å²) in [6.45, 7) is 0.533. The van der Waals surface area contributed by atoms with Crippen molar-refractivity contribution in [1.82, 2.24) is 0 Å². The molecule has 102 valence electrons. The SMILES string of the molecule is Cc1ccc(S(=O)(=O)OCC(O)C(O)CO)cc1. The molecule has 2 unspecified atom stereocenters. The van der Waals surface area contributed by atoms with Crippen LogP contribution in [0.3, 0.4) is 0 Å². The Bertz CT molecular complexity index is 467. The first-order valence-corrected chi connectivity index (χ1v) is 6.70. The van der Waals surface area contributed by atoms with Gasteiger partial charge in [0.05, 0.1) is 18.1 Å². The van der Waals surface area contributed by atoms with Gasteiger partial charge in [-0.05, 0) is 19.1 Å². The fourth-order valence-corrected chi connectivity index (χ4v) is 2.09. The first-order valence-electron chi connectivity index (χ1n) is 5.30. The van der Waals surface area contributed by atoms with Crippen molar-refractivity contribution in [3.8, 4) is 0 Å². The van der Waals surface area contributed by atoms with E-state index in [0.29, 0.717) is 0 Å². The Labute approximate surface area is 106 Å². The van der Waals surface area contributed by atoms with Crippen molar-refractivity contribution in [3.05, 3.63) is 29.8 Å². The lowest BCUT2D eigenvalue weighted by atomic mass is 10.2. The van der Waals surface area contributed by atoms with Gasteiger partial charge >= 0.3 is 0 Å². The van der Waals surface area contributed by atoms with Crippen molar-refractivity contribution < 1.29 is 27.9 Å². The zero-order valence-electron chi connectivity index (χ0n) is 9.85. The molecular weight excluding hydrogens is 260 g/mol. The summed E-state index contributed by atoms with van der Waals surface area (Å²) in [5.74, 6) is 0. The number of aliphatic hydroxyl groups is 3. The molecule has 0 aliphatic heterocycles. The predicted octanol–water partition coefficient (Wildman–Crippen LogP) is -0.586. The van der Waals surface area contributed by atoms with Gasteiger partial charge in [0.15, 0.2) is 0 Å². The normalized spacial score (nSPS) is 15.3. The molecule has 2 atom stereocenters. The lowest BCUT2D eigenvalue weighted by Gasteiger charge is -2.15. The van der Waals surface area contributed by atoms with Crippen LogP contribution in [-0.4, -0.2) is 49.2 Å². The summed E-state index contributed by atoms with van der Waals surface area (Å²) >= 11 is 0. The van der Waals surface area contributed by atoms with E-state index in [0.717, 1.165) is 5.56 Å². The number of hydrogen-bond donors (Lipinski definition) is 3. The van der Waals surface area contributed by atoms with Crippen LogP contribution in [0, 0.1) is 6.92 Å². The lowest BCUT2D eigenvalue weighted by Crippen LogP contribution is -2.34. The van der Waals surface area contributed by atoms with Crippen LogP contribution in [-0.2, 0) is 14.3 Å². The summed E-state index contributed by atoms with van der Waals surface area (Å²) < 4.78 is 28.0. The Morgan fingerprint density at radius 1 is 1.17 bits per heavy atom. The second-order valence-corrected chi connectivity index (χ2v) is 5.48. The van der Waals surface area contributed by atoms with Crippen molar-refractivity contribution in [2.75, 3.05) is 13.2 Å². The molecule has 0 saturated heterocycles. The van der Waals surface area contributed by atoms with Gasteiger partial charge in [0.25, 0.3) is 10.1 Å². The molecule has 3 N–H and O–H groups in total. The average molecular weight is 276 g/mol. The summed E-state index contributed by atoms with van der Waals surface area (Å²) in [5.41, 5.74) is 0.907. The molecule has 0 radical (unpaired) electrons. The zero-order chi connectivity index (χ0) is 13.8. The first-order chi connectivity index (χ1) is 8.36. The molecule has 0 amide bonds. The Morgan fingerprint density at radius 2 is 1.72 bits per heavy atom. The molecule has 0 heterocycles. The van der Waals surface area contributed by atoms with Gasteiger partial charge in [-0.25, -0.2) is 0 Å². The van der Waals surface area contributed by atoms with Gasteiger partial charge in [0.1, 0.15) is 12.2 Å². The van der Waals surface area contributed by atoms with Crippen LogP contribution in [0.5, 0.6) is 0 Å². The topological polar surface area (TPSA) is 104 Å². The highest BCUT2D eigenvalue weighted by Crippen LogP contribution is 2.13. The molecule has 0 fully saturated rings. The Hall–Kier alpha value is -0.990. The van der Waals surface area contributed by atoms with Crippen molar-refractivity contribution in [1.29, 1.82) is 0 Å². The molecule has 18 heavy (non-hydrogen) atoms. The van der Waals surface area contributed by atoms with Crippen LogP contribution < -0.4 is 0 Å². The largest absolute Gasteiger partial charge is 0.394 e. The molecule has 0 spiro atoms. The third-order valence-corrected chi connectivity index (χ3v) is 3.63. The van der Waals surface area contributed by atoms with Crippen molar-refractivity contribution in [2.24, 2.45) is 0 Å². The minimum absolute atomic E-state index is 0.0289. The highest BCUT2D eigenvalue weighted by molar-refractivity contribution is 7.86. The fraction of sp³-hybridized carbons (Fsp3) is 0.455. The molecule has 6 nitrogen and oxygen atoms in total. The molecule has 7 heteroatoms. The van der Waals surface area contributed by atoms with Crippen LogP contribution in [0.2, 0.25) is 0 Å². The maximum absolute atomic E-state index is 11.7. The van der Waals surface area contributed by atoms with Gasteiger partial charge in [-0.15, -0.1) is 0 Å². The smallest absolute Gasteiger partial charge is 0.297 e. The molecule has 0 aliphatic rings. The van der Waals surface area contributed by atoms with E-state index in [2.05, 4.69) is 4.18 Å². The van der Waals surface area contributed by atoms with Gasteiger partial charge in [0.2, 0.25) is 0 Å². The third-order valence-electron chi connectivity index (χ3n) is 2.33. The number of aliphatic hydroxyl groups excluding tert-OH is 3. The second kappa shape index (κ2) is 6.26. The monoisotopic (exact) mass is 276 g/mol. The molecule has 0 aliphatic carbocycles. The molecule has 0 bridgehead atoms. The highest BCUT2D eigenvalue weighted by atomic mass is 32.2. The first kappa shape index (κ1) is 15.1. The summed E-state index contributed by atoms with van der Waals surface area (Å²) in [6, 6.07) is 6.02. The molecule has 1 aromatic rings. The van der Waals surface area contributed by atoms with Gasteiger partial charge < -0.3 is 15.3 Å². The lowest BCUT2D eigenvalue weighted by molar-refractivity contribution is -0.0329. The summed E-state index contributed by atoms with van der Waals surface area (Å²) in [4.78, 5) is -0.0289. The Kier molecular flexibility index (Phi) is 5.24. The minimum atomic E-state index is -3.97. The van der Waals surface area contributed by atoms with E-state index in [1.54, 1.807) is 12.1 Å². The maximum atomic E-state index is 11.7. The quantitative estimate of drug-likeness (QED) is 0.600. The number of rotatable bonds is 6. The predicted molar refractivity (Wildman–Crippen MR) is 63.4 cm³/mol. The van der Waals surface area contributed by atoms with Crippen LogP contribution in [0.1, 0.15) is 5.56 Å². The zero-order valence-corrected chi connectivity index (χ0v) is 10.7. The van der Waals surface area contributed by atoms with Crippen molar-refractivity contribution >= 4 is 10.1 Å². The van der Waals surface area contributed by atoms with E-state index in [9.17, 15) is 13.5 Å².